The number of hydrogen-bond donors (Lipinski definition) is 4. The van der Waals surface area contributed by atoms with Gasteiger partial charge in [-0.25, -0.2) is 4.57 Å². The van der Waals surface area contributed by atoms with Crippen LogP contribution in [0.4, 0.5) is 0 Å². The summed E-state index contributed by atoms with van der Waals surface area (Å²) in [6.07, 6.45) is 55.3. The average molecular weight is 940 g/mol. The molecule has 0 saturated heterocycles. The number of phosphoric ester groups is 1. The average Bonchev–Trinajstić information content (AvgIpc) is 3.26. The number of allylic oxidation sites excluding steroid dienone is 6. The predicted molar refractivity (Wildman–Crippen MR) is 278 cm³/mol. The quantitative estimate of drug-likeness (QED) is 0.0207. The Bertz CT molecular complexity index is 1170. The first-order chi connectivity index (χ1) is 31.4. The summed E-state index contributed by atoms with van der Waals surface area (Å²) in [6.45, 7) is 4.56. The normalized spacial score (nSPS) is 14.8. The van der Waals surface area contributed by atoms with Gasteiger partial charge in [-0.3, -0.25) is 13.8 Å². The maximum Gasteiger partial charge on any atom is 0.472 e. The summed E-state index contributed by atoms with van der Waals surface area (Å²) in [6, 6.07) is -1.05. The summed E-state index contributed by atoms with van der Waals surface area (Å²) in [5.41, 5.74) is 0. The predicted octanol–water partition coefficient (Wildman–Crippen LogP) is 15.2. The van der Waals surface area contributed by atoms with Crippen LogP contribution in [0.15, 0.2) is 36.5 Å². The van der Waals surface area contributed by atoms with Crippen molar-refractivity contribution in [1.29, 1.82) is 0 Å². The topological polar surface area (TPSA) is 125 Å². The molecule has 0 aliphatic heterocycles. The molecule has 0 aromatic rings. The molecule has 384 valence electrons. The van der Waals surface area contributed by atoms with Crippen LogP contribution in [0.2, 0.25) is 0 Å². The zero-order chi connectivity index (χ0) is 48.0. The molecule has 0 spiro atoms. The second-order valence-electron chi connectivity index (χ2n) is 20.1. The molecule has 0 aliphatic carbocycles. The van der Waals surface area contributed by atoms with E-state index in [2.05, 4.69) is 55.6 Å². The fourth-order valence-corrected chi connectivity index (χ4v) is 8.77. The third-order valence-corrected chi connectivity index (χ3v) is 13.4. The van der Waals surface area contributed by atoms with Crippen LogP contribution < -0.4 is 5.32 Å². The lowest BCUT2D eigenvalue weighted by molar-refractivity contribution is -0.870. The maximum atomic E-state index is 13.0. The van der Waals surface area contributed by atoms with Gasteiger partial charge in [-0.05, 0) is 77.0 Å². The minimum absolute atomic E-state index is 0.0146. The Hall–Kier alpha value is -1.32. The van der Waals surface area contributed by atoms with Crippen molar-refractivity contribution in [3.05, 3.63) is 36.5 Å². The number of quaternary nitrogens is 1. The fourth-order valence-electron chi connectivity index (χ4n) is 8.04. The summed E-state index contributed by atoms with van der Waals surface area (Å²) in [7, 11) is 1.41. The van der Waals surface area contributed by atoms with Crippen molar-refractivity contribution in [3.63, 3.8) is 0 Å². The summed E-state index contributed by atoms with van der Waals surface area (Å²) in [4.78, 5) is 23.3. The van der Waals surface area contributed by atoms with E-state index in [9.17, 15) is 24.5 Å². The molecule has 65 heavy (non-hydrogen) atoms. The van der Waals surface area contributed by atoms with Gasteiger partial charge in [0.05, 0.1) is 39.9 Å². The first-order valence-corrected chi connectivity index (χ1v) is 28.9. The standard InChI is InChI=1S/C55H107N2O7P/c1-6-8-10-12-14-16-18-20-21-22-23-24-25-26-27-28-29-30-31-32-33-34-35-36-38-40-42-44-46-48-54(59)56-52(51-64-65(61,62)63-50-49-57(3,4)5)55(60)53(58)47-45-43-41-39-37-19-17-15-13-11-9-7-2/h15,17,22-23,39,41,52-53,55,58,60H,6-14,16,18-21,24-38,40,42-51H2,1-5H3,(H-,56,59,61,62)/p+1/b17-15+,23-22-,41-39+. The number of aliphatic hydroxyl groups excluding tert-OH is 2. The highest BCUT2D eigenvalue weighted by Gasteiger charge is 2.31. The van der Waals surface area contributed by atoms with Gasteiger partial charge < -0.3 is 24.9 Å². The highest BCUT2D eigenvalue weighted by Crippen LogP contribution is 2.43. The third kappa shape index (κ3) is 47.5. The molecular formula is C55H108N2O7P+. The van der Waals surface area contributed by atoms with E-state index < -0.39 is 32.7 Å². The van der Waals surface area contributed by atoms with Gasteiger partial charge in [0.1, 0.15) is 19.3 Å². The third-order valence-electron chi connectivity index (χ3n) is 12.4. The van der Waals surface area contributed by atoms with E-state index in [1.165, 1.54) is 173 Å². The highest BCUT2D eigenvalue weighted by molar-refractivity contribution is 7.47. The lowest BCUT2D eigenvalue weighted by Gasteiger charge is -2.28. The largest absolute Gasteiger partial charge is 0.472 e. The molecule has 0 aromatic heterocycles. The fraction of sp³-hybridized carbons (Fsp3) is 0.873. The van der Waals surface area contributed by atoms with Crippen molar-refractivity contribution in [1.82, 2.24) is 5.32 Å². The Labute approximate surface area is 402 Å². The van der Waals surface area contributed by atoms with Crippen molar-refractivity contribution in [2.24, 2.45) is 0 Å². The van der Waals surface area contributed by atoms with Gasteiger partial charge in [0.2, 0.25) is 5.91 Å². The molecule has 0 fully saturated rings. The molecule has 0 saturated carbocycles. The van der Waals surface area contributed by atoms with Crippen LogP contribution >= 0.6 is 7.82 Å². The summed E-state index contributed by atoms with van der Waals surface area (Å²) in [5, 5.41) is 24.7. The number of rotatable bonds is 50. The van der Waals surface area contributed by atoms with Crippen molar-refractivity contribution < 1.29 is 38.0 Å². The van der Waals surface area contributed by atoms with Gasteiger partial charge >= 0.3 is 7.82 Å². The molecule has 0 aliphatic rings. The number of unbranched alkanes of at least 4 members (excludes halogenated alkanes) is 30. The van der Waals surface area contributed by atoms with Crippen molar-refractivity contribution in [2.45, 2.75) is 270 Å². The van der Waals surface area contributed by atoms with E-state index in [-0.39, 0.29) is 18.9 Å². The molecule has 4 unspecified atom stereocenters. The molecule has 9 nitrogen and oxygen atoms in total. The molecule has 0 heterocycles. The minimum Gasteiger partial charge on any atom is -0.390 e. The zero-order valence-corrected chi connectivity index (χ0v) is 44.2. The Morgan fingerprint density at radius 1 is 0.523 bits per heavy atom. The number of nitrogens with one attached hydrogen (secondary N) is 1. The molecular weight excluding hydrogens is 832 g/mol. The second kappa shape index (κ2) is 46.4. The summed E-state index contributed by atoms with van der Waals surface area (Å²) < 4.78 is 23.6. The Morgan fingerprint density at radius 2 is 0.877 bits per heavy atom. The molecule has 4 atom stereocenters. The Morgan fingerprint density at radius 3 is 1.31 bits per heavy atom. The lowest BCUT2D eigenvalue weighted by Crippen LogP contribution is -2.51. The molecule has 0 radical (unpaired) electrons. The molecule has 10 heteroatoms. The van der Waals surface area contributed by atoms with Crippen LogP contribution in [0.25, 0.3) is 0 Å². The van der Waals surface area contributed by atoms with E-state index in [0.29, 0.717) is 23.9 Å². The van der Waals surface area contributed by atoms with Crippen molar-refractivity contribution >= 4 is 13.7 Å². The van der Waals surface area contributed by atoms with Gasteiger partial charge in [0, 0.05) is 6.42 Å². The number of carbonyl (C=O) groups excluding carboxylic acids is 1. The number of carbonyl (C=O) groups is 1. The smallest absolute Gasteiger partial charge is 0.390 e. The van der Waals surface area contributed by atoms with E-state index in [1.807, 2.05) is 21.1 Å². The van der Waals surface area contributed by atoms with Gasteiger partial charge in [0.15, 0.2) is 0 Å². The van der Waals surface area contributed by atoms with Crippen LogP contribution in [-0.2, 0) is 18.4 Å². The van der Waals surface area contributed by atoms with Crippen LogP contribution in [-0.4, -0.2) is 84.6 Å². The van der Waals surface area contributed by atoms with Gasteiger partial charge in [0.25, 0.3) is 0 Å². The number of amides is 1. The van der Waals surface area contributed by atoms with E-state index in [1.54, 1.807) is 0 Å². The number of likely N-dealkylation sites (N-methyl/N-ethyl adjacent to an activating group) is 1. The first-order valence-electron chi connectivity index (χ1n) is 27.4. The maximum absolute atomic E-state index is 13.0. The van der Waals surface area contributed by atoms with Crippen LogP contribution in [0, 0.1) is 0 Å². The first kappa shape index (κ1) is 63.7. The molecule has 4 N–H and O–H groups in total. The van der Waals surface area contributed by atoms with E-state index in [4.69, 9.17) is 9.05 Å². The molecule has 0 rings (SSSR count). The SMILES string of the molecule is CCCCC/C=C/CC/C=C/CCCC(O)C(O)C(COP(=O)(O)OCC[N+](C)(C)C)NC(=O)CCCCCCCCCCCCCCCCCCC/C=C\CCCCCCCCCC. The van der Waals surface area contributed by atoms with Crippen LogP contribution in [0.5, 0.6) is 0 Å². The number of nitrogens with zero attached hydrogens (tertiary/aromatic N) is 1. The summed E-state index contributed by atoms with van der Waals surface area (Å²) >= 11 is 0. The van der Waals surface area contributed by atoms with E-state index >= 15 is 0 Å². The lowest BCUT2D eigenvalue weighted by atomic mass is 10.0. The Kier molecular flexibility index (Phi) is 45.5. The second-order valence-corrected chi connectivity index (χ2v) is 21.5. The molecule has 0 bridgehead atoms. The van der Waals surface area contributed by atoms with Crippen LogP contribution in [0.3, 0.4) is 0 Å². The van der Waals surface area contributed by atoms with Gasteiger partial charge in [-0.1, -0.05) is 204 Å². The number of aliphatic hydroxyl groups is 2. The van der Waals surface area contributed by atoms with Crippen LogP contribution in [0.1, 0.15) is 251 Å². The minimum atomic E-state index is -4.43. The zero-order valence-electron chi connectivity index (χ0n) is 43.3. The monoisotopic (exact) mass is 940 g/mol. The highest BCUT2D eigenvalue weighted by atomic mass is 31.2. The Balaban J connectivity index is 4.16. The van der Waals surface area contributed by atoms with Crippen molar-refractivity contribution in [3.8, 4) is 0 Å². The van der Waals surface area contributed by atoms with Gasteiger partial charge in [-0.2, -0.15) is 0 Å². The molecule has 0 aromatic carbocycles. The number of hydrogen-bond acceptors (Lipinski definition) is 6. The van der Waals surface area contributed by atoms with Crippen molar-refractivity contribution in [2.75, 3.05) is 40.9 Å². The summed E-state index contributed by atoms with van der Waals surface area (Å²) in [5.74, 6) is -0.270. The van der Waals surface area contributed by atoms with Gasteiger partial charge in [-0.15, -0.1) is 0 Å². The van der Waals surface area contributed by atoms with E-state index in [0.717, 1.165) is 44.9 Å². The number of phosphoric acid groups is 1. The molecule has 1 amide bonds.